The van der Waals surface area contributed by atoms with Gasteiger partial charge in [-0.3, -0.25) is 9.55 Å². The number of aryl methyl sites for hydroxylation is 2. The molecule has 66 heavy (non-hydrogen) atoms. The average molecular weight is 865 g/mol. The van der Waals surface area contributed by atoms with Crippen LogP contribution < -0.4 is 4.74 Å². The van der Waals surface area contributed by atoms with Crippen molar-refractivity contribution >= 4 is 11.0 Å². The van der Waals surface area contributed by atoms with E-state index >= 15 is 0 Å². The van der Waals surface area contributed by atoms with Crippen molar-refractivity contribution in [1.29, 1.82) is 0 Å². The zero-order chi connectivity index (χ0) is 47.4. The summed E-state index contributed by atoms with van der Waals surface area (Å²) in [4.78, 5) is 10.7. The molecule has 4 nitrogen and oxygen atoms in total. The van der Waals surface area contributed by atoms with Crippen LogP contribution in [0.1, 0.15) is 90.5 Å². The van der Waals surface area contributed by atoms with Crippen molar-refractivity contribution in [3.05, 3.63) is 192 Å². The SMILES string of the molecule is [2H]C(C)(C)c1ccc(-c2ccnc(-c3cc(-c4cccc5c4nc(-c4cc(C)cc(C)c4OC)n5-c4cc(-c5ccccc5)c(C(C)(C)C)cc4-c4ccccc4)cc(C(C)(C)C)c3)c2)cc1. The van der Waals surface area contributed by atoms with Crippen molar-refractivity contribution in [2.45, 2.75) is 86.0 Å². The van der Waals surface area contributed by atoms with Gasteiger partial charge in [-0.2, -0.15) is 0 Å². The number of aromatic nitrogens is 3. The third kappa shape index (κ3) is 8.49. The maximum absolute atomic E-state index is 8.53. The van der Waals surface area contributed by atoms with Gasteiger partial charge in [-0.15, -0.1) is 0 Å². The first kappa shape index (κ1) is 42.9. The Hall–Kier alpha value is -7.04. The molecule has 330 valence electrons. The molecule has 0 fully saturated rings. The van der Waals surface area contributed by atoms with E-state index in [4.69, 9.17) is 16.1 Å². The highest BCUT2D eigenvalue weighted by Crippen LogP contribution is 2.46. The molecule has 0 bridgehead atoms. The van der Waals surface area contributed by atoms with E-state index in [2.05, 4.69) is 218 Å². The molecule has 0 atom stereocenters. The van der Waals surface area contributed by atoms with Gasteiger partial charge < -0.3 is 4.74 Å². The normalized spacial score (nSPS) is 12.4. The number of pyridine rings is 1. The number of hydrogen-bond donors (Lipinski definition) is 0. The molecule has 0 saturated heterocycles. The Morgan fingerprint density at radius 1 is 0.561 bits per heavy atom. The molecule has 2 heterocycles. The maximum atomic E-state index is 8.53. The molecule has 0 spiro atoms. The molecule has 0 N–H and O–H groups in total. The van der Waals surface area contributed by atoms with Crippen molar-refractivity contribution in [3.63, 3.8) is 0 Å². The van der Waals surface area contributed by atoms with Gasteiger partial charge >= 0.3 is 0 Å². The second kappa shape index (κ2) is 17.4. The van der Waals surface area contributed by atoms with Crippen LogP contribution in [0, 0.1) is 13.8 Å². The van der Waals surface area contributed by atoms with Gasteiger partial charge in [0.2, 0.25) is 0 Å². The number of para-hydroxylation sites is 1. The van der Waals surface area contributed by atoms with Gasteiger partial charge in [-0.05, 0) is 140 Å². The molecule has 0 amide bonds. The van der Waals surface area contributed by atoms with Gasteiger partial charge in [0.15, 0.2) is 0 Å². The molecule has 0 aliphatic heterocycles. The van der Waals surface area contributed by atoms with Crippen molar-refractivity contribution in [2.24, 2.45) is 0 Å². The fourth-order valence-corrected chi connectivity index (χ4v) is 9.38. The standard InChI is InChI=1S/C62H61N3O/c1-39(2)42-25-27-43(28-26-42)46-29-30-63-55(36-46)48-33-47(34-49(35-48)61(5,6)7)50-23-18-24-56-58(50)64-60(53-32-40(3)31-41(4)59(53)66-11)65(56)57-38-51(44-19-14-12-15-20-44)54(62(8,9)10)37-52(57)45-21-16-13-17-22-45/h12-39H,1-11H3/i39D. The Balaban J connectivity index is 1.34. The highest BCUT2D eigenvalue weighted by molar-refractivity contribution is 5.98. The summed E-state index contributed by atoms with van der Waals surface area (Å²) in [5.41, 5.74) is 20.1. The van der Waals surface area contributed by atoms with Crippen LogP contribution in [-0.2, 0) is 10.8 Å². The van der Waals surface area contributed by atoms with Gasteiger partial charge in [0, 0.05) is 24.3 Å². The van der Waals surface area contributed by atoms with Crippen LogP contribution >= 0.6 is 0 Å². The number of nitrogens with zero attached hydrogens (tertiary/aromatic N) is 3. The van der Waals surface area contributed by atoms with Gasteiger partial charge in [0.25, 0.3) is 0 Å². The molecule has 9 aromatic rings. The van der Waals surface area contributed by atoms with Crippen LogP contribution in [0.3, 0.4) is 0 Å². The number of imidazole rings is 1. The molecule has 0 radical (unpaired) electrons. The van der Waals surface area contributed by atoms with Crippen molar-refractivity contribution in [1.82, 2.24) is 14.5 Å². The van der Waals surface area contributed by atoms with Crippen molar-refractivity contribution in [2.75, 3.05) is 7.11 Å². The smallest absolute Gasteiger partial charge is 0.149 e. The van der Waals surface area contributed by atoms with Gasteiger partial charge in [-0.1, -0.05) is 165 Å². The first-order valence-corrected chi connectivity index (χ1v) is 23.1. The molecular weight excluding hydrogens is 803 g/mol. The van der Waals surface area contributed by atoms with E-state index < -0.39 is 5.89 Å². The number of rotatable bonds is 9. The molecule has 0 unspecified atom stereocenters. The van der Waals surface area contributed by atoms with E-state index in [1.54, 1.807) is 7.11 Å². The summed E-state index contributed by atoms with van der Waals surface area (Å²) in [6, 6.07) is 56.8. The molecular formula is C62H61N3O. The Morgan fingerprint density at radius 2 is 1.23 bits per heavy atom. The lowest BCUT2D eigenvalue weighted by Gasteiger charge is -2.27. The molecule has 0 saturated carbocycles. The predicted molar refractivity (Wildman–Crippen MR) is 279 cm³/mol. The zero-order valence-electron chi connectivity index (χ0n) is 41.3. The molecule has 7 aromatic carbocycles. The Kier molecular flexibility index (Phi) is 11.3. The van der Waals surface area contributed by atoms with Gasteiger partial charge in [-0.25, -0.2) is 4.98 Å². The summed E-state index contributed by atoms with van der Waals surface area (Å²) in [7, 11) is 1.76. The van der Waals surface area contributed by atoms with Crippen LogP contribution in [-0.4, -0.2) is 21.6 Å². The first-order chi connectivity index (χ1) is 31.9. The molecule has 0 aliphatic rings. The lowest BCUT2D eigenvalue weighted by atomic mass is 9.79. The zero-order valence-corrected chi connectivity index (χ0v) is 40.3. The maximum Gasteiger partial charge on any atom is 0.149 e. The Labute approximate surface area is 393 Å². The summed E-state index contributed by atoms with van der Waals surface area (Å²) in [5.74, 6) is 0.954. The average Bonchev–Trinajstić information content (AvgIpc) is 3.70. The Morgan fingerprint density at radius 3 is 1.86 bits per heavy atom. The van der Waals surface area contributed by atoms with Crippen LogP contribution in [0.4, 0.5) is 0 Å². The Bertz CT molecular complexity index is 3270. The minimum atomic E-state index is -0.664. The van der Waals surface area contributed by atoms with Gasteiger partial charge in [0.05, 0.1) is 35.1 Å². The van der Waals surface area contributed by atoms with E-state index in [9.17, 15) is 0 Å². The summed E-state index contributed by atoms with van der Waals surface area (Å²) in [6.45, 7) is 21.8. The number of fused-ring (bicyclic) bond motifs is 1. The summed E-state index contributed by atoms with van der Waals surface area (Å²) >= 11 is 0. The van der Waals surface area contributed by atoms with Crippen LogP contribution in [0.5, 0.6) is 5.75 Å². The minimum Gasteiger partial charge on any atom is -0.496 e. The lowest BCUT2D eigenvalue weighted by Crippen LogP contribution is -2.14. The fraction of sp³-hybridized carbons (Fsp3) is 0.226. The van der Waals surface area contributed by atoms with E-state index in [0.29, 0.717) is 0 Å². The van der Waals surface area contributed by atoms with Crippen LogP contribution in [0.25, 0.3) is 83.9 Å². The number of ether oxygens (including phenoxy) is 1. The topological polar surface area (TPSA) is 39.9 Å². The van der Waals surface area contributed by atoms with Crippen molar-refractivity contribution < 1.29 is 6.11 Å². The summed E-state index contributed by atoms with van der Waals surface area (Å²) < 4.78 is 17.2. The lowest BCUT2D eigenvalue weighted by molar-refractivity contribution is 0.413. The summed E-state index contributed by atoms with van der Waals surface area (Å²) in [5, 5.41) is 0. The predicted octanol–water partition coefficient (Wildman–Crippen LogP) is 16.8. The number of benzene rings is 7. The van der Waals surface area contributed by atoms with E-state index in [1.807, 2.05) is 20.0 Å². The monoisotopic (exact) mass is 864 g/mol. The number of hydrogen-bond acceptors (Lipinski definition) is 3. The highest BCUT2D eigenvalue weighted by Gasteiger charge is 2.28. The van der Waals surface area contributed by atoms with E-state index in [1.165, 1.54) is 22.3 Å². The van der Waals surface area contributed by atoms with Crippen molar-refractivity contribution in [3.8, 4) is 78.6 Å². The van der Waals surface area contributed by atoms with Gasteiger partial charge in [0.1, 0.15) is 11.6 Å². The third-order valence-corrected chi connectivity index (χ3v) is 12.9. The molecule has 2 aromatic heterocycles. The van der Waals surface area contributed by atoms with Crippen LogP contribution in [0.2, 0.25) is 0 Å². The highest BCUT2D eigenvalue weighted by atomic mass is 16.5. The number of methoxy groups -OCH3 is 1. The fourth-order valence-electron chi connectivity index (χ4n) is 9.38. The molecule has 0 aliphatic carbocycles. The first-order valence-electron chi connectivity index (χ1n) is 23.6. The second-order valence-electron chi connectivity index (χ2n) is 20.1. The molecule has 4 heteroatoms. The third-order valence-electron chi connectivity index (χ3n) is 12.9. The van der Waals surface area contributed by atoms with Crippen LogP contribution in [0.15, 0.2) is 164 Å². The van der Waals surface area contributed by atoms with E-state index in [0.717, 1.165) is 95.2 Å². The quantitative estimate of drug-likeness (QED) is 0.145. The largest absolute Gasteiger partial charge is 0.496 e. The van der Waals surface area contributed by atoms with E-state index in [-0.39, 0.29) is 10.8 Å². The summed E-state index contributed by atoms with van der Waals surface area (Å²) in [6.07, 6.45) is 1.90. The second-order valence-corrected chi connectivity index (χ2v) is 20.1. The molecule has 9 rings (SSSR count). The minimum absolute atomic E-state index is 0.148.